The summed E-state index contributed by atoms with van der Waals surface area (Å²) < 4.78 is 1.83. The van der Waals surface area contributed by atoms with Crippen molar-refractivity contribution in [1.82, 2.24) is 9.55 Å². The fourth-order valence-electron chi connectivity index (χ4n) is 2.61. The molecule has 0 aliphatic rings. The lowest BCUT2D eigenvalue weighted by atomic mass is 10.1. The highest BCUT2D eigenvalue weighted by molar-refractivity contribution is 5.97. The zero-order valence-electron chi connectivity index (χ0n) is 14.0. The number of aromatic nitrogens is 2. The number of carbonyl (C=O) groups excluding carboxylic acids is 2. The molecular weight excluding hydrogens is 302 g/mol. The fourth-order valence-corrected chi connectivity index (χ4v) is 2.61. The second kappa shape index (κ2) is 6.28. The minimum atomic E-state index is -0.159. The van der Waals surface area contributed by atoms with Gasteiger partial charge < -0.3 is 9.88 Å². The van der Waals surface area contributed by atoms with Gasteiger partial charge in [0.25, 0.3) is 0 Å². The molecule has 0 atom stereocenters. The first-order valence-corrected chi connectivity index (χ1v) is 7.77. The molecule has 0 aliphatic carbocycles. The number of benzene rings is 2. The quantitative estimate of drug-likeness (QED) is 0.748. The molecule has 1 N–H and O–H groups in total. The normalized spacial score (nSPS) is 10.8. The van der Waals surface area contributed by atoms with Crippen LogP contribution in [0.3, 0.4) is 0 Å². The van der Waals surface area contributed by atoms with Gasteiger partial charge >= 0.3 is 0 Å². The van der Waals surface area contributed by atoms with Crippen LogP contribution in [0.1, 0.15) is 28.4 Å². The van der Waals surface area contributed by atoms with Gasteiger partial charge in [0.15, 0.2) is 5.78 Å². The van der Waals surface area contributed by atoms with Gasteiger partial charge in [0.1, 0.15) is 6.54 Å². The third-order valence-electron chi connectivity index (χ3n) is 4.10. The van der Waals surface area contributed by atoms with E-state index in [9.17, 15) is 9.59 Å². The van der Waals surface area contributed by atoms with E-state index in [0.717, 1.165) is 11.0 Å². The van der Waals surface area contributed by atoms with Crippen molar-refractivity contribution in [1.29, 1.82) is 0 Å². The molecule has 0 spiro atoms. The molecule has 3 aromatic rings. The number of fused-ring (bicyclic) bond motifs is 1. The molecule has 24 heavy (non-hydrogen) atoms. The van der Waals surface area contributed by atoms with Gasteiger partial charge in [0, 0.05) is 11.3 Å². The smallest absolute Gasteiger partial charge is 0.244 e. The summed E-state index contributed by atoms with van der Waals surface area (Å²) >= 11 is 0. The number of anilines is 1. The van der Waals surface area contributed by atoms with Crippen LogP contribution in [0.2, 0.25) is 0 Å². The molecule has 122 valence electrons. The van der Waals surface area contributed by atoms with Gasteiger partial charge in [0.2, 0.25) is 5.91 Å². The summed E-state index contributed by atoms with van der Waals surface area (Å²) in [5, 5.41) is 2.83. The van der Waals surface area contributed by atoms with E-state index in [2.05, 4.69) is 10.3 Å². The van der Waals surface area contributed by atoms with E-state index in [1.165, 1.54) is 18.1 Å². The first kappa shape index (κ1) is 15.9. The van der Waals surface area contributed by atoms with Crippen molar-refractivity contribution in [2.24, 2.45) is 0 Å². The van der Waals surface area contributed by atoms with Crippen LogP contribution < -0.4 is 5.32 Å². The predicted octanol–water partition coefficient (Wildman–Crippen LogP) is 3.49. The topological polar surface area (TPSA) is 64.0 Å². The van der Waals surface area contributed by atoms with Crippen LogP contribution in [-0.4, -0.2) is 21.2 Å². The lowest BCUT2D eigenvalue weighted by Gasteiger charge is -2.08. The average Bonchev–Trinajstić information content (AvgIpc) is 2.90. The standard InChI is InChI=1S/C19H19N3O2/c1-12-7-17-18(8-13(12)2)22(11-20-17)10-19(24)21-16-6-4-5-15(9-16)14(3)23/h4-9,11H,10H2,1-3H3,(H,21,24). The third-order valence-corrected chi connectivity index (χ3v) is 4.10. The number of carbonyl (C=O) groups is 2. The maximum Gasteiger partial charge on any atom is 0.244 e. The molecule has 5 nitrogen and oxygen atoms in total. The Morgan fingerprint density at radius 2 is 1.88 bits per heavy atom. The van der Waals surface area contributed by atoms with Crippen molar-refractivity contribution in [2.75, 3.05) is 5.32 Å². The SMILES string of the molecule is CC(=O)c1cccc(NC(=O)Cn2cnc3cc(C)c(C)cc32)c1. The number of rotatable bonds is 4. The van der Waals surface area contributed by atoms with E-state index in [-0.39, 0.29) is 18.2 Å². The van der Waals surface area contributed by atoms with E-state index >= 15 is 0 Å². The van der Waals surface area contributed by atoms with Crippen molar-refractivity contribution in [3.63, 3.8) is 0 Å². The third kappa shape index (κ3) is 3.20. The fraction of sp³-hybridized carbons (Fsp3) is 0.211. The summed E-state index contributed by atoms with van der Waals surface area (Å²) in [6, 6.07) is 11.0. The summed E-state index contributed by atoms with van der Waals surface area (Å²) in [5.74, 6) is -0.189. The van der Waals surface area contributed by atoms with Crippen molar-refractivity contribution in [3.05, 3.63) is 59.4 Å². The second-order valence-electron chi connectivity index (χ2n) is 5.98. The maximum absolute atomic E-state index is 12.3. The van der Waals surface area contributed by atoms with E-state index in [1.54, 1.807) is 30.6 Å². The number of hydrogen-bond donors (Lipinski definition) is 1. The molecule has 0 saturated carbocycles. The second-order valence-corrected chi connectivity index (χ2v) is 5.98. The minimum absolute atomic E-state index is 0.0300. The Hall–Kier alpha value is -2.95. The van der Waals surface area contributed by atoms with Crippen LogP contribution in [0.15, 0.2) is 42.7 Å². The van der Waals surface area contributed by atoms with Gasteiger partial charge in [0.05, 0.1) is 17.4 Å². The first-order valence-electron chi connectivity index (χ1n) is 7.77. The molecule has 0 radical (unpaired) electrons. The van der Waals surface area contributed by atoms with Crippen molar-refractivity contribution in [3.8, 4) is 0 Å². The highest BCUT2D eigenvalue weighted by atomic mass is 16.2. The van der Waals surface area contributed by atoms with Crippen LogP contribution in [0, 0.1) is 13.8 Å². The van der Waals surface area contributed by atoms with E-state index in [0.29, 0.717) is 11.3 Å². The maximum atomic E-state index is 12.3. The van der Waals surface area contributed by atoms with Crippen molar-refractivity contribution >= 4 is 28.4 Å². The van der Waals surface area contributed by atoms with Gasteiger partial charge in [-0.1, -0.05) is 12.1 Å². The predicted molar refractivity (Wildman–Crippen MR) is 94.3 cm³/mol. The Bertz CT molecular complexity index is 941. The van der Waals surface area contributed by atoms with Gasteiger partial charge in [-0.2, -0.15) is 0 Å². The van der Waals surface area contributed by atoms with Crippen molar-refractivity contribution < 1.29 is 9.59 Å². The lowest BCUT2D eigenvalue weighted by Crippen LogP contribution is -2.18. The van der Waals surface area contributed by atoms with Gasteiger partial charge in [-0.25, -0.2) is 4.98 Å². The minimum Gasteiger partial charge on any atom is -0.325 e. The van der Waals surface area contributed by atoms with Crippen LogP contribution >= 0.6 is 0 Å². The Labute approximate surface area is 140 Å². The number of nitrogens with one attached hydrogen (secondary N) is 1. The van der Waals surface area contributed by atoms with E-state index < -0.39 is 0 Å². The van der Waals surface area contributed by atoms with Crippen LogP contribution in [0.5, 0.6) is 0 Å². The zero-order valence-corrected chi connectivity index (χ0v) is 14.0. The van der Waals surface area contributed by atoms with Gasteiger partial charge in [-0.3, -0.25) is 9.59 Å². The molecule has 1 amide bonds. The van der Waals surface area contributed by atoms with Crippen LogP contribution in [0.4, 0.5) is 5.69 Å². The van der Waals surface area contributed by atoms with Crippen LogP contribution in [-0.2, 0) is 11.3 Å². The summed E-state index contributed by atoms with van der Waals surface area (Å²) in [5.41, 5.74) is 5.35. The van der Waals surface area contributed by atoms with Crippen LogP contribution in [0.25, 0.3) is 11.0 Å². The number of imidazole rings is 1. The van der Waals surface area contributed by atoms with Gasteiger partial charge in [-0.05, 0) is 56.2 Å². The van der Waals surface area contributed by atoms with Crippen molar-refractivity contribution in [2.45, 2.75) is 27.3 Å². The first-order chi connectivity index (χ1) is 11.4. The summed E-state index contributed by atoms with van der Waals surface area (Å²) in [6.07, 6.45) is 1.68. The number of amides is 1. The molecule has 0 saturated heterocycles. The highest BCUT2D eigenvalue weighted by Crippen LogP contribution is 2.18. The van der Waals surface area contributed by atoms with E-state index in [1.807, 2.05) is 30.5 Å². The Balaban J connectivity index is 1.79. The van der Waals surface area contributed by atoms with Gasteiger partial charge in [-0.15, -0.1) is 0 Å². The molecule has 5 heteroatoms. The molecule has 1 aromatic heterocycles. The summed E-state index contributed by atoms with van der Waals surface area (Å²) in [7, 11) is 0. The Morgan fingerprint density at radius 3 is 2.62 bits per heavy atom. The van der Waals surface area contributed by atoms with E-state index in [4.69, 9.17) is 0 Å². The number of aryl methyl sites for hydroxylation is 2. The number of ketones is 1. The molecule has 1 heterocycles. The summed E-state index contributed by atoms with van der Waals surface area (Å²) in [4.78, 5) is 28.1. The zero-order chi connectivity index (χ0) is 17.3. The lowest BCUT2D eigenvalue weighted by molar-refractivity contribution is -0.116. The Morgan fingerprint density at radius 1 is 1.12 bits per heavy atom. The summed E-state index contributed by atoms with van der Waals surface area (Å²) in [6.45, 7) is 5.76. The molecule has 0 aliphatic heterocycles. The molecule has 2 aromatic carbocycles. The molecule has 0 bridgehead atoms. The average molecular weight is 321 g/mol. The number of Topliss-reactive ketones (excluding diaryl/α,β-unsaturated/α-hetero) is 1. The molecule has 0 unspecified atom stereocenters. The Kier molecular flexibility index (Phi) is 4.16. The highest BCUT2D eigenvalue weighted by Gasteiger charge is 2.10. The molecule has 3 rings (SSSR count). The monoisotopic (exact) mass is 321 g/mol. The molecule has 0 fully saturated rings. The number of hydrogen-bond acceptors (Lipinski definition) is 3. The number of nitrogens with zero attached hydrogens (tertiary/aromatic N) is 2. The largest absolute Gasteiger partial charge is 0.325 e. The molecular formula is C19H19N3O2.